The molecule has 1 amide bonds. The van der Waals surface area contributed by atoms with Crippen LogP contribution in [0.3, 0.4) is 0 Å². The Bertz CT molecular complexity index is 715. The number of hydrazone groups is 1. The number of nitrogens with zero attached hydrogens (tertiary/aromatic N) is 1. The van der Waals surface area contributed by atoms with E-state index in [1.54, 1.807) is 37.6 Å². The van der Waals surface area contributed by atoms with Gasteiger partial charge in [0.1, 0.15) is 11.5 Å². The summed E-state index contributed by atoms with van der Waals surface area (Å²) in [5.41, 5.74) is 3.82. The van der Waals surface area contributed by atoms with E-state index in [-0.39, 0.29) is 5.91 Å². The zero-order chi connectivity index (χ0) is 17.4. The van der Waals surface area contributed by atoms with Gasteiger partial charge in [-0.3, -0.25) is 4.79 Å². The Kier molecular flexibility index (Phi) is 6.81. The lowest BCUT2D eigenvalue weighted by molar-refractivity contribution is 0.0955. The first-order chi connectivity index (χ1) is 11.6. The van der Waals surface area contributed by atoms with Crippen LogP contribution in [0.1, 0.15) is 29.3 Å². The van der Waals surface area contributed by atoms with Gasteiger partial charge in [-0.2, -0.15) is 5.10 Å². The second-order valence-electron chi connectivity index (χ2n) is 4.96. The topological polar surface area (TPSA) is 59.9 Å². The molecule has 126 valence electrons. The number of methoxy groups -OCH3 is 1. The highest BCUT2D eigenvalue weighted by atomic mass is 79.9. The number of nitrogens with one attached hydrogen (secondary N) is 1. The van der Waals surface area contributed by atoms with Gasteiger partial charge in [0.25, 0.3) is 5.91 Å². The predicted molar refractivity (Wildman–Crippen MR) is 98.0 cm³/mol. The van der Waals surface area contributed by atoms with Crippen molar-refractivity contribution in [3.05, 3.63) is 58.1 Å². The smallest absolute Gasteiger partial charge is 0.271 e. The lowest BCUT2D eigenvalue weighted by Gasteiger charge is -2.05. The third-order valence-electron chi connectivity index (χ3n) is 3.16. The summed E-state index contributed by atoms with van der Waals surface area (Å²) in [6, 6.07) is 12.5. The molecule has 6 heteroatoms. The third kappa shape index (κ3) is 5.09. The number of ether oxygens (including phenoxy) is 2. The standard InChI is InChI=1S/C18H19BrN2O3/c1-3-10-24-15-6-4-13(5-7-15)18(22)21-20-12-14-11-16(23-2)8-9-17(14)19/h4-9,11-12H,3,10H2,1-2H3,(H,21,22)/b20-12+. The molecule has 0 aliphatic carbocycles. The quantitative estimate of drug-likeness (QED) is 0.573. The van der Waals surface area contributed by atoms with Crippen LogP contribution >= 0.6 is 15.9 Å². The van der Waals surface area contributed by atoms with E-state index < -0.39 is 0 Å². The fraction of sp³-hybridized carbons (Fsp3) is 0.222. The molecule has 1 N–H and O–H groups in total. The molecule has 0 heterocycles. The van der Waals surface area contributed by atoms with Crippen LogP contribution in [0.2, 0.25) is 0 Å². The van der Waals surface area contributed by atoms with Crippen LogP contribution in [0.5, 0.6) is 11.5 Å². The van der Waals surface area contributed by atoms with E-state index in [0.717, 1.165) is 22.2 Å². The number of rotatable bonds is 7. The SMILES string of the molecule is CCCOc1ccc(C(=O)N/N=C/c2cc(OC)ccc2Br)cc1. The van der Waals surface area contributed by atoms with Crippen molar-refractivity contribution in [2.75, 3.05) is 13.7 Å². The summed E-state index contributed by atoms with van der Waals surface area (Å²) in [6.07, 6.45) is 2.50. The lowest BCUT2D eigenvalue weighted by atomic mass is 10.2. The molecule has 0 fully saturated rings. The summed E-state index contributed by atoms with van der Waals surface area (Å²) in [7, 11) is 1.60. The minimum atomic E-state index is -0.285. The Morgan fingerprint density at radius 1 is 1.21 bits per heavy atom. The number of hydrogen-bond acceptors (Lipinski definition) is 4. The van der Waals surface area contributed by atoms with Crippen molar-refractivity contribution in [1.29, 1.82) is 0 Å². The number of amides is 1. The van der Waals surface area contributed by atoms with E-state index in [4.69, 9.17) is 9.47 Å². The van der Waals surface area contributed by atoms with Crippen molar-refractivity contribution in [2.24, 2.45) is 5.10 Å². The van der Waals surface area contributed by atoms with Crippen LogP contribution in [-0.2, 0) is 0 Å². The fourth-order valence-electron chi connectivity index (χ4n) is 1.90. The highest BCUT2D eigenvalue weighted by Gasteiger charge is 2.05. The molecule has 2 aromatic rings. The molecule has 2 aromatic carbocycles. The third-order valence-corrected chi connectivity index (χ3v) is 3.88. The van der Waals surface area contributed by atoms with Gasteiger partial charge in [-0.25, -0.2) is 5.43 Å². The highest BCUT2D eigenvalue weighted by molar-refractivity contribution is 9.10. The van der Waals surface area contributed by atoms with E-state index in [1.165, 1.54) is 0 Å². The molecule has 0 aliphatic heterocycles. The van der Waals surface area contributed by atoms with E-state index in [0.29, 0.717) is 17.9 Å². The molecule has 0 saturated heterocycles. The van der Waals surface area contributed by atoms with Gasteiger partial charge in [0.05, 0.1) is 19.9 Å². The Hall–Kier alpha value is -2.34. The normalized spacial score (nSPS) is 10.6. The van der Waals surface area contributed by atoms with Gasteiger partial charge in [0.2, 0.25) is 0 Å². The van der Waals surface area contributed by atoms with Gasteiger partial charge in [-0.05, 0) is 48.9 Å². The average Bonchev–Trinajstić information content (AvgIpc) is 2.61. The monoisotopic (exact) mass is 390 g/mol. The number of carbonyl (C=O) groups excluding carboxylic acids is 1. The van der Waals surface area contributed by atoms with Crippen molar-refractivity contribution in [2.45, 2.75) is 13.3 Å². The van der Waals surface area contributed by atoms with Crippen molar-refractivity contribution in [1.82, 2.24) is 5.43 Å². The maximum atomic E-state index is 12.1. The predicted octanol–water partition coefficient (Wildman–Crippen LogP) is 4.01. The van der Waals surface area contributed by atoms with E-state index in [2.05, 4.69) is 26.5 Å². The van der Waals surface area contributed by atoms with Crippen LogP contribution in [0.15, 0.2) is 52.0 Å². The second kappa shape index (κ2) is 9.08. The molecule has 2 rings (SSSR count). The van der Waals surface area contributed by atoms with Crippen molar-refractivity contribution in [3.63, 3.8) is 0 Å². The van der Waals surface area contributed by atoms with Gasteiger partial charge in [0, 0.05) is 15.6 Å². The Balaban J connectivity index is 1.97. The highest BCUT2D eigenvalue weighted by Crippen LogP contribution is 2.20. The fourth-order valence-corrected chi connectivity index (χ4v) is 2.24. The number of halogens is 1. The molecule has 0 aromatic heterocycles. The first-order valence-electron chi connectivity index (χ1n) is 7.54. The summed E-state index contributed by atoms with van der Waals surface area (Å²) in [6.45, 7) is 2.70. The first-order valence-corrected chi connectivity index (χ1v) is 8.33. The molecule has 0 bridgehead atoms. The zero-order valence-corrected chi connectivity index (χ0v) is 15.2. The second-order valence-corrected chi connectivity index (χ2v) is 5.81. The minimum Gasteiger partial charge on any atom is -0.497 e. The Morgan fingerprint density at radius 2 is 1.92 bits per heavy atom. The molecule has 0 spiro atoms. The summed E-state index contributed by atoms with van der Waals surface area (Å²) < 4.78 is 11.5. The first kappa shape index (κ1) is 18.0. The summed E-state index contributed by atoms with van der Waals surface area (Å²) in [4.78, 5) is 12.1. The van der Waals surface area contributed by atoms with Crippen molar-refractivity contribution >= 4 is 28.1 Å². The average molecular weight is 391 g/mol. The summed E-state index contributed by atoms with van der Waals surface area (Å²) in [5, 5.41) is 3.98. The molecular weight excluding hydrogens is 372 g/mol. The van der Waals surface area contributed by atoms with Gasteiger partial charge >= 0.3 is 0 Å². The van der Waals surface area contributed by atoms with Gasteiger partial charge in [-0.15, -0.1) is 0 Å². The zero-order valence-electron chi connectivity index (χ0n) is 13.6. The van der Waals surface area contributed by atoms with Crippen molar-refractivity contribution < 1.29 is 14.3 Å². The Morgan fingerprint density at radius 3 is 2.58 bits per heavy atom. The Labute approximate surface area is 149 Å². The number of hydrogen-bond donors (Lipinski definition) is 1. The van der Waals surface area contributed by atoms with Crippen LogP contribution in [-0.4, -0.2) is 25.8 Å². The molecule has 0 saturated carbocycles. The molecule has 0 aliphatic rings. The maximum Gasteiger partial charge on any atom is 0.271 e. The van der Waals surface area contributed by atoms with E-state index in [9.17, 15) is 4.79 Å². The van der Waals surface area contributed by atoms with Gasteiger partial charge in [-0.1, -0.05) is 22.9 Å². The van der Waals surface area contributed by atoms with Gasteiger partial charge < -0.3 is 9.47 Å². The minimum absolute atomic E-state index is 0.285. The molecule has 0 atom stereocenters. The number of benzene rings is 2. The number of carbonyl (C=O) groups is 1. The molecule has 24 heavy (non-hydrogen) atoms. The summed E-state index contributed by atoms with van der Waals surface area (Å²) >= 11 is 3.43. The van der Waals surface area contributed by atoms with Crippen LogP contribution in [0.25, 0.3) is 0 Å². The van der Waals surface area contributed by atoms with Gasteiger partial charge in [0.15, 0.2) is 0 Å². The van der Waals surface area contributed by atoms with Crippen LogP contribution in [0, 0.1) is 0 Å². The molecule has 0 unspecified atom stereocenters. The lowest BCUT2D eigenvalue weighted by Crippen LogP contribution is -2.17. The maximum absolute atomic E-state index is 12.1. The van der Waals surface area contributed by atoms with Crippen LogP contribution < -0.4 is 14.9 Å². The van der Waals surface area contributed by atoms with Crippen molar-refractivity contribution in [3.8, 4) is 11.5 Å². The summed E-state index contributed by atoms with van der Waals surface area (Å²) in [5.74, 6) is 1.18. The van der Waals surface area contributed by atoms with E-state index in [1.807, 2.05) is 25.1 Å². The molecule has 5 nitrogen and oxygen atoms in total. The largest absolute Gasteiger partial charge is 0.497 e. The van der Waals surface area contributed by atoms with Crippen LogP contribution in [0.4, 0.5) is 0 Å². The molecular formula is C18H19BrN2O3. The van der Waals surface area contributed by atoms with E-state index >= 15 is 0 Å². The molecule has 0 radical (unpaired) electrons.